The van der Waals surface area contributed by atoms with Crippen LogP contribution < -0.4 is 10.1 Å². The Morgan fingerprint density at radius 2 is 2.11 bits per heavy atom. The van der Waals surface area contributed by atoms with Crippen molar-refractivity contribution in [2.45, 2.75) is 13.8 Å². The summed E-state index contributed by atoms with van der Waals surface area (Å²) >= 11 is 6.16. The van der Waals surface area contributed by atoms with Gasteiger partial charge in [0.05, 0.1) is 11.9 Å². The summed E-state index contributed by atoms with van der Waals surface area (Å²) in [6.07, 6.45) is 6.43. The summed E-state index contributed by atoms with van der Waals surface area (Å²) in [7, 11) is 1.75. The predicted octanol–water partition coefficient (Wildman–Crippen LogP) is 4.53. The van der Waals surface area contributed by atoms with Gasteiger partial charge in [-0.3, -0.25) is 14.5 Å². The molecule has 138 valence electrons. The van der Waals surface area contributed by atoms with Gasteiger partial charge in [-0.1, -0.05) is 11.6 Å². The van der Waals surface area contributed by atoms with E-state index in [9.17, 15) is 4.79 Å². The molecule has 0 saturated carbocycles. The second-order valence-electron chi connectivity index (χ2n) is 6.01. The molecule has 1 aromatic carbocycles. The van der Waals surface area contributed by atoms with E-state index in [1.165, 1.54) is 6.08 Å². The molecule has 3 aromatic rings. The Morgan fingerprint density at radius 1 is 1.30 bits per heavy atom. The molecule has 1 N–H and O–H groups in total. The van der Waals surface area contributed by atoms with Crippen molar-refractivity contribution in [1.29, 1.82) is 0 Å². The summed E-state index contributed by atoms with van der Waals surface area (Å²) in [5.41, 5.74) is 3.06. The molecule has 6 nitrogen and oxygen atoms in total. The normalized spacial score (nSPS) is 11.0. The number of anilines is 1. The van der Waals surface area contributed by atoms with Gasteiger partial charge in [0.15, 0.2) is 0 Å². The lowest BCUT2D eigenvalue weighted by atomic mass is 10.2. The van der Waals surface area contributed by atoms with Crippen LogP contribution in [0.3, 0.4) is 0 Å². The zero-order valence-corrected chi connectivity index (χ0v) is 16.0. The molecule has 0 unspecified atom stereocenters. The Bertz CT molecular complexity index is 997. The smallest absolute Gasteiger partial charge is 0.248 e. The lowest BCUT2D eigenvalue weighted by molar-refractivity contribution is -0.111. The minimum Gasteiger partial charge on any atom is -0.455 e. The second-order valence-corrected chi connectivity index (χ2v) is 6.37. The van der Waals surface area contributed by atoms with Gasteiger partial charge >= 0.3 is 0 Å². The van der Waals surface area contributed by atoms with E-state index in [2.05, 4.69) is 15.4 Å². The number of nitrogens with zero attached hydrogens (tertiary/aromatic N) is 3. The highest BCUT2D eigenvalue weighted by Crippen LogP contribution is 2.27. The van der Waals surface area contributed by atoms with E-state index >= 15 is 0 Å². The molecule has 0 atom stereocenters. The highest BCUT2D eigenvalue weighted by molar-refractivity contribution is 6.31. The maximum atomic E-state index is 12.2. The highest BCUT2D eigenvalue weighted by Gasteiger charge is 2.09. The van der Waals surface area contributed by atoms with Gasteiger partial charge < -0.3 is 10.1 Å². The van der Waals surface area contributed by atoms with E-state index in [1.807, 2.05) is 38.1 Å². The Balaban J connectivity index is 1.67. The molecule has 0 bridgehead atoms. The van der Waals surface area contributed by atoms with Gasteiger partial charge in [0.25, 0.3) is 0 Å². The molecule has 0 aliphatic heterocycles. The lowest BCUT2D eigenvalue weighted by Gasteiger charge is -2.10. The van der Waals surface area contributed by atoms with Gasteiger partial charge in [0.2, 0.25) is 5.91 Å². The third kappa shape index (κ3) is 4.54. The first-order valence-electron chi connectivity index (χ1n) is 8.30. The molecule has 0 fully saturated rings. The average Bonchev–Trinajstić information content (AvgIpc) is 2.88. The van der Waals surface area contributed by atoms with E-state index in [0.717, 1.165) is 16.8 Å². The van der Waals surface area contributed by atoms with Gasteiger partial charge in [-0.15, -0.1) is 0 Å². The van der Waals surface area contributed by atoms with Crippen LogP contribution in [-0.4, -0.2) is 20.7 Å². The molecule has 0 aliphatic carbocycles. The first-order valence-corrected chi connectivity index (χ1v) is 8.68. The zero-order chi connectivity index (χ0) is 19.4. The number of benzene rings is 1. The van der Waals surface area contributed by atoms with Gasteiger partial charge in [0, 0.05) is 30.6 Å². The SMILES string of the molecule is Cc1cc(NC(=O)C=Cc2c(C)nn(C)c2Cl)ccc1Oc1cccnc1. The van der Waals surface area contributed by atoms with Crippen molar-refractivity contribution in [3.05, 3.63) is 70.8 Å². The van der Waals surface area contributed by atoms with Crippen LogP contribution in [0.2, 0.25) is 5.15 Å². The Hall–Kier alpha value is -3.12. The molecule has 27 heavy (non-hydrogen) atoms. The number of halogens is 1. The Labute approximate surface area is 162 Å². The van der Waals surface area contributed by atoms with Crippen LogP contribution in [0.15, 0.2) is 48.8 Å². The topological polar surface area (TPSA) is 69.0 Å². The molecule has 0 saturated heterocycles. The maximum absolute atomic E-state index is 12.2. The van der Waals surface area contributed by atoms with E-state index in [1.54, 1.807) is 36.3 Å². The van der Waals surface area contributed by atoms with Crippen LogP contribution in [0.5, 0.6) is 11.5 Å². The molecule has 0 radical (unpaired) electrons. The fraction of sp³-hybridized carbons (Fsp3) is 0.150. The Kier molecular flexibility index (Phi) is 5.57. The summed E-state index contributed by atoms with van der Waals surface area (Å²) in [6.45, 7) is 3.75. The number of amides is 1. The van der Waals surface area contributed by atoms with Crippen LogP contribution in [0.4, 0.5) is 5.69 Å². The summed E-state index contributed by atoms with van der Waals surface area (Å²) in [5.74, 6) is 1.10. The molecule has 1 amide bonds. The minimum atomic E-state index is -0.255. The fourth-order valence-electron chi connectivity index (χ4n) is 2.55. The number of rotatable bonds is 5. The Morgan fingerprint density at radius 3 is 2.74 bits per heavy atom. The largest absolute Gasteiger partial charge is 0.455 e. The quantitative estimate of drug-likeness (QED) is 0.658. The van der Waals surface area contributed by atoms with Crippen molar-refractivity contribution in [3.8, 4) is 11.5 Å². The first-order chi connectivity index (χ1) is 12.9. The predicted molar refractivity (Wildman–Crippen MR) is 106 cm³/mol. The van der Waals surface area contributed by atoms with E-state index < -0.39 is 0 Å². The van der Waals surface area contributed by atoms with Gasteiger partial charge in [-0.25, -0.2) is 0 Å². The van der Waals surface area contributed by atoms with Crippen LogP contribution in [0.25, 0.3) is 6.08 Å². The number of aromatic nitrogens is 3. The van der Waals surface area contributed by atoms with Crippen molar-refractivity contribution < 1.29 is 9.53 Å². The van der Waals surface area contributed by atoms with Gasteiger partial charge in [-0.2, -0.15) is 5.10 Å². The van der Waals surface area contributed by atoms with Crippen molar-refractivity contribution in [2.75, 3.05) is 5.32 Å². The first kappa shape index (κ1) is 18.7. The highest BCUT2D eigenvalue weighted by atomic mass is 35.5. The summed E-state index contributed by atoms with van der Waals surface area (Å²) in [6, 6.07) is 9.08. The number of ether oxygens (including phenoxy) is 1. The monoisotopic (exact) mass is 382 g/mol. The lowest BCUT2D eigenvalue weighted by Crippen LogP contribution is -2.08. The molecule has 0 spiro atoms. The fourth-order valence-corrected chi connectivity index (χ4v) is 2.79. The zero-order valence-electron chi connectivity index (χ0n) is 15.2. The molecule has 7 heteroatoms. The molecule has 2 heterocycles. The van der Waals surface area contributed by atoms with Crippen LogP contribution in [0.1, 0.15) is 16.8 Å². The summed E-state index contributed by atoms with van der Waals surface area (Å²) in [5, 5.41) is 7.53. The number of aryl methyl sites for hydroxylation is 3. The minimum absolute atomic E-state index is 0.255. The summed E-state index contributed by atoms with van der Waals surface area (Å²) in [4.78, 5) is 16.2. The third-order valence-electron chi connectivity index (χ3n) is 3.90. The number of nitrogens with one attached hydrogen (secondary N) is 1. The van der Waals surface area contributed by atoms with Crippen LogP contribution >= 0.6 is 11.6 Å². The number of hydrogen-bond acceptors (Lipinski definition) is 4. The molecular formula is C20H19ClN4O2. The van der Waals surface area contributed by atoms with Crippen LogP contribution in [0, 0.1) is 13.8 Å². The van der Waals surface area contributed by atoms with Gasteiger partial charge in [-0.05, 0) is 55.8 Å². The standard InChI is InChI=1S/C20H19ClN4O2/c1-13-11-15(6-8-18(13)27-16-5-4-10-22-12-16)23-19(26)9-7-17-14(2)24-25(3)20(17)21/h4-12H,1-3H3,(H,23,26). The third-order valence-corrected chi connectivity index (χ3v) is 4.35. The van der Waals surface area contributed by atoms with Crippen LogP contribution in [-0.2, 0) is 11.8 Å². The number of pyridine rings is 1. The molecule has 3 rings (SSSR count). The second kappa shape index (κ2) is 8.05. The van der Waals surface area contributed by atoms with Crippen molar-refractivity contribution in [3.63, 3.8) is 0 Å². The molecule has 2 aromatic heterocycles. The van der Waals surface area contributed by atoms with E-state index in [0.29, 0.717) is 22.3 Å². The summed E-state index contributed by atoms with van der Waals surface area (Å²) < 4.78 is 7.36. The number of carbonyl (C=O) groups excluding carboxylic acids is 1. The average molecular weight is 383 g/mol. The molecule has 0 aliphatic rings. The van der Waals surface area contributed by atoms with Gasteiger partial charge in [0.1, 0.15) is 16.7 Å². The number of carbonyl (C=O) groups is 1. The van der Waals surface area contributed by atoms with E-state index in [-0.39, 0.29) is 5.91 Å². The van der Waals surface area contributed by atoms with Crippen molar-refractivity contribution in [1.82, 2.24) is 14.8 Å². The van der Waals surface area contributed by atoms with Crippen molar-refractivity contribution in [2.24, 2.45) is 7.05 Å². The van der Waals surface area contributed by atoms with Crippen molar-refractivity contribution >= 4 is 29.3 Å². The number of hydrogen-bond donors (Lipinski definition) is 1. The molecular weight excluding hydrogens is 364 g/mol. The van der Waals surface area contributed by atoms with E-state index in [4.69, 9.17) is 16.3 Å². The maximum Gasteiger partial charge on any atom is 0.248 e.